The number of methoxy groups -OCH3 is 2. The van der Waals surface area contributed by atoms with Crippen LogP contribution in [0.25, 0.3) is 11.1 Å². The van der Waals surface area contributed by atoms with Gasteiger partial charge in [-0.25, -0.2) is 0 Å². The largest absolute Gasteiger partial charge is 0.573 e. The quantitative estimate of drug-likeness (QED) is 0.777. The zero-order chi connectivity index (χ0) is 17.0. The van der Waals surface area contributed by atoms with Gasteiger partial charge in [0.05, 0.1) is 14.2 Å². The van der Waals surface area contributed by atoms with Crippen molar-refractivity contribution in [1.29, 1.82) is 0 Å². The highest BCUT2D eigenvalue weighted by atomic mass is 19.4. The number of aldehydes is 1. The Bertz CT molecular complexity index is 711. The van der Waals surface area contributed by atoms with E-state index < -0.39 is 12.1 Å². The molecule has 0 aliphatic carbocycles. The number of ether oxygens (including phenoxy) is 3. The molecule has 0 aliphatic rings. The molecule has 0 spiro atoms. The average molecular weight is 326 g/mol. The van der Waals surface area contributed by atoms with E-state index in [4.69, 9.17) is 9.47 Å². The molecule has 122 valence electrons. The smallest absolute Gasteiger partial charge is 0.497 e. The van der Waals surface area contributed by atoms with E-state index in [9.17, 15) is 18.0 Å². The van der Waals surface area contributed by atoms with Gasteiger partial charge in [-0.3, -0.25) is 4.79 Å². The van der Waals surface area contributed by atoms with Crippen LogP contribution in [0.3, 0.4) is 0 Å². The van der Waals surface area contributed by atoms with Crippen LogP contribution in [0.2, 0.25) is 0 Å². The summed E-state index contributed by atoms with van der Waals surface area (Å²) in [5.74, 6) is 0.435. The average Bonchev–Trinajstić information content (AvgIpc) is 2.52. The van der Waals surface area contributed by atoms with Crippen molar-refractivity contribution >= 4 is 6.29 Å². The van der Waals surface area contributed by atoms with E-state index in [-0.39, 0.29) is 5.56 Å². The zero-order valence-corrected chi connectivity index (χ0v) is 12.3. The third-order valence-corrected chi connectivity index (χ3v) is 3.02. The molecule has 0 atom stereocenters. The minimum Gasteiger partial charge on any atom is -0.497 e. The zero-order valence-electron chi connectivity index (χ0n) is 12.3. The highest BCUT2D eigenvalue weighted by Crippen LogP contribution is 2.36. The van der Waals surface area contributed by atoms with Crippen LogP contribution in [-0.4, -0.2) is 26.9 Å². The van der Waals surface area contributed by atoms with Gasteiger partial charge in [-0.15, -0.1) is 13.2 Å². The molecule has 0 aromatic heterocycles. The lowest BCUT2D eigenvalue weighted by Gasteiger charge is -2.14. The van der Waals surface area contributed by atoms with Crippen molar-refractivity contribution in [2.45, 2.75) is 6.36 Å². The van der Waals surface area contributed by atoms with E-state index in [1.54, 1.807) is 18.2 Å². The summed E-state index contributed by atoms with van der Waals surface area (Å²) in [4.78, 5) is 11.0. The summed E-state index contributed by atoms with van der Waals surface area (Å²) in [7, 11) is 2.90. The van der Waals surface area contributed by atoms with Crippen LogP contribution in [0.1, 0.15) is 10.4 Å². The second-order valence-corrected chi connectivity index (χ2v) is 4.52. The topological polar surface area (TPSA) is 44.8 Å². The first kappa shape index (κ1) is 16.7. The molecule has 0 radical (unpaired) electrons. The molecule has 4 nitrogen and oxygen atoms in total. The fourth-order valence-corrected chi connectivity index (χ4v) is 2.08. The van der Waals surface area contributed by atoms with Crippen molar-refractivity contribution in [2.24, 2.45) is 0 Å². The van der Waals surface area contributed by atoms with E-state index in [1.165, 1.54) is 26.4 Å². The van der Waals surface area contributed by atoms with Crippen LogP contribution < -0.4 is 14.2 Å². The van der Waals surface area contributed by atoms with Crippen molar-refractivity contribution in [3.8, 4) is 28.4 Å². The maximum absolute atomic E-state index is 12.4. The minimum atomic E-state index is -4.85. The molecule has 0 aliphatic heterocycles. The SMILES string of the molecule is COc1ccc(OC)c(-c2cc(C=O)cc(OC(F)(F)F)c2)c1. The summed E-state index contributed by atoms with van der Waals surface area (Å²) in [6.07, 6.45) is -4.41. The normalized spacial score (nSPS) is 11.0. The molecule has 0 bridgehead atoms. The van der Waals surface area contributed by atoms with Gasteiger partial charge in [-0.1, -0.05) is 0 Å². The van der Waals surface area contributed by atoms with Gasteiger partial charge in [0.2, 0.25) is 0 Å². The monoisotopic (exact) mass is 326 g/mol. The highest BCUT2D eigenvalue weighted by molar-refractivity contribution is 5.82. The summed E-state index contributed by atoms with van der Waals surface area (Å²) in [6.45, 7) is 0. The molecule has 2 aromatic rings. The summed E-state index contributed by atoms with van der Waals surface area (Å²) in [5.41, 5.74) is 0.860. The van der Waals surface area contributed by atoms with E-state index in [2.05, 4.69) is 4.74 Å². The number of rotatable bonds is 5. The molecule has 0 saturated carbocycles. The van der Waals surface area contributed by atoms with Crippen LogP contribution >= 0.6 is 0 Å². The molecule has 0 amide bonds. The molecular formula is C16H13F3O4. The van der Waals surface area contributed by atoms with Gasteiger partial charge >= 0.3 is 6.36 Å². The highest BCUT2D eigenvalue weighted by Gasteiger charge is 2.31. The Kier molecular flexibility index (Phi) is 4.78. The molecule has 0 N–H and O–H groups in total. The van der Waals surface area contributed by atoms with Crippen LogP contribution in [0.15, 0.2) is 36.4 Å². The number of carbonyl (C=O) groups is 1. The molecule has 0 unspecified atom stereocenters. The van der Waals surface area contributed by atoms with Gasteiger partial charge in [0.15, 0.2) is 0 Å². The lowest BCUT2D eigenvalue weighted by atomic mass is 10.0. The standard InChI is InChI=1S/C16H13F3O4/c1-21-12-3-4-15(22-2)14(8-12)11-5-10(9-20)6-13(7-11)23-16(17,18)19/h3-9H,1-2H3. The summed E-state index contributed by atoms with van der Waals surface area (Å²) in [5, 5.41) is 0. The van der Waals surface area contributed by atoms with Gasteiger partial charge in [0, 0.05) is 11.1 Å². The molecule has 7 heteroatoms. The van der Waals surface area contributed by atoms with Gasteiger partial charge in [0.25, 0.3) is 0 Å². The third-order valence-electron chi connectivity index (χ3n) is 3.02. The lowest BCUT2D eigenvalue weighted by molar-refractivity contribution is -0.274. The number of hydrogen-bond acceptors (Lipinski definition) is 4. The first-order valence-corrected chi connectivity index (χ1v) is 6.44. The number of carbonyl (C=O) groups excluding carboxylic acids is 1. The van der Waals surface area contributed by atoms with Crippen molar-refractivity contribution in [1.82, 2.24) is 0 Å². The van der Waals surface area contributed by atoms with Crippen LogP contribution in [0, 0.1) is 0 Å². The summed E-state index contributed by atoms with van der Waals surface area (Å²) < 4.78 is 51.5. The van der Waals surface area contributed by atoms with Crippen molar-refractivity contribution in [3.63, 3.8) is 0 Å². The Morgan fingerprint density at radius 3 is 2.26 bits per heavy atom. The maximum atomic E-state index is 12.4. The van der Waals surface area contributed by atoms with Gasteiger partial charge < -0.3 is 14.2 Å². The predicted octanol–water partition coefficient (Wildman–Crippen LogP) is 4.08. The van der Waals surface area contributed by atoms with Crippen LogP contribution in [-0.2, 0) is 0 Å². The fourth-order valence-electron chi connectivity index (χ4n) is 2.08. The number of halogens is 3. The van der Waals surface area contributed by atoms with Gasteiger partial charge in [-0.05, 0) is 42.0 Å². The fraction of sp³-hybridized carbons (Fsp3) is 0.188. The second-order valence-electron chi connectivity index (χ2n) is 4.52. The van der Waals surface area contributed by atoms with Crippen LogP contribution in [0.5, 0.6) is 17.2 Å². The first-order chi connectivity index (χ1) is 10.9. The summed E-state index contributed by atoms with van der Waals surface area (Å²) in [6, 6.07) is 8.49. The van der Waals surface area contributed by atoms with E-state index >= 15 is 0 Å². The number of alkyl halides is 3. The number of benzene rings is 2. The predicted molar refractivity (Wildman–Crippen MR) is 77.1 cm³/mol. The minimum absolute atomic E-state index is 0.0478. The molecular weight excluding hydrogens is 313 g/mol. The molecule has 0 fully saturated rings. The van der Waals surface area contributed by atoms with Crippen molar-refractivity contribution < 1.29 is 32.2 Å². The molecule has 0 heterocycles. The van der Waals surface area contributed by atoms with Crippen LogP contribution in [0.4, 0.5) is 13.2 Å². The Morgan fingerprint density at radius 1 is 0.957 bits per heavy atom. The van der Waals surface area contributed by atoms with E-state index in [0.29, 0.717) is 28.9 Å². The molecule has 2 aromatic carbocycles. The van der Waals surface area contributed by atoms with Gasteiger partial charge in [-0.2, -0.15) is 0 Å². The van der Waals surface area contributed by atoms with Gasteiger partial charge in [0.1, 0.15) is 23.5 Å². The Morgan fingerprint density at radius 2 is 1.70 bits per heavy atom. The van der Waals surface area contributed by atoms with E-state index in [0.717, 1.165) is 6.07 Å². The Hall–Kier alpha value is -2.70. The van der Waals surface area contributed by atoms with E-state index in [1.807, 2.05) is 0 Å². The molecule has 23 heavy (non-hydrogen) atoms. The second kappa shape index (κ2) is 6.60. The van der Waals surface area contributed by atoms with Crippen molar-refractivity contribution in [3.05, 3.63) is 42.0 Å². The summed E-state index contributed by atoms with van der Waals surface area (Å²) >= 11 is 0. The maximum Gasteiger partial charge on any atom is 0.573 e. The number of hydrogen-bond donors (Lipinski definition) is 0. The molecule has 0 saturated heterocycles. The van der Waals surface area contributed by atoms with Crippen molar-refractivity contribution in [2.75, 3.05) is 14.2 Å². The third kappa shape index (κ3) is 4.15. The Balaban J connectivity index is 2.58. The Labute approximate surface area is 130 Å². The molecule has 2 rings (SSSR count). The first-order valence-electron chi connectivity index (χ1n) is 6.44. The lowest BCUT2D eigenvalue weighted by Crippen LogP contribution is -2.17.